The fourth-order valence-corrected chi connectivity index (χ4v) is 2.80. The summed E-state index contributed by atoms with van der Waals surface area (Å²) in [5.41, 5.74) is 2.29. The van der Waals surface area contributed by atoms with Crippen LogP contribution in [0.25, 0.3) is 0 Å². The summed E-state index contributed by atoms with van der Waals surface area (Å²) in [4.78, 5) is 23.4. The maximum absolute atomic E-state index is 12.1. The smallest absolute Gasteiger partial charge is 0.309 e. The number of rotatable bonds is 8. The maximum atomic E-state index is 12.1. The quantitative estimate of drug-likeness (QED) is 0.580. The number of methoxy groups -OCH3 is 1. The number of carbonyl (C=O) groups is 2. The van der Waals surface area contributed by atoms with E-state index in [1.807, 2.05) is 0 Å². The highest BCUT2D eigenvalue weighted by molar-refractivity contribution is 5.80. The Morgan fingerprint density at radius 1 is 1.20 bits per heavy atom. The molecule has 1 amide bonds. The number of amides is 1. The zero-order chi connectivity index (χ0) is 18.1. The highest BCUT2D eigenvalue weighted by atomic mass is 16.5. The molecule has 136 valence electrons. The van der Waals surface area contributed by atoms with Crippen LogP contribution >= 0.6 is 0 Å². The molecule has 5 nitrogen and oxygen atoms in total. The van der Waals surface area contributed by atoms with E-state index < -0.39 is 6.10 Å². The van der Waals surface area contributed by atoms with E-state index >= 15 is 0 Å². The molecule has 0 fully saturated rings. The molecular formula is C20H27NO4. The molecule has 0 saturated carbocycles. The Morgan fingerprint density at radius 2 is 1.96 bits per heavy atom. The minimum atomic E-state index is -0.563. The summed E-state index contributed by atoms with van der Waals surface area (Å²) in [6.07, 6.45) is 7.72. The van der Waals surface area contributed by atoms with Crippen molar-refractivity contribution in [2.24, 2.45) is 0 Å². The molecule has 1 aliphatic rings. The highest BCUT2D eigenvalue weighted by Crippen LogP contribution is 2.19. The summed E-state index contributed by atoms with van der Waals surface area (Å²) in [7, 11) is 1.37. The monoisotopic (exact) mass is 345 g/mol. The molecule has 1 aromatic rings. The van der Waals surface area contributed by atoms with Crippen molar-refractivity contribution in [2.75, 3.05) is 13.7 Å². The standard InChI is InChI=1S/C20H27NO4/c1-15(20(23)21-13-12-16-6-4-3-5-7-16)25-18-10-8-17(9-11-18)14-19(22)24-2/h6,8-11,15H,3-5,7,12-14H2,1-2H3,(H,21,23)/t15-/m1/s1. The summed E-state index contributed by atoms with van der Waals surface area (Å²) >= 11 is 0. The Bertz CT molecular complexity index is 607. The number of ether oxygens (including phenoxy) is 2. The number of esters is 1. The molecule has 0 unspecified atom stereocenters. The van der Waals surface area contributed by atoms with Gasteiger partial charge in [0, 0.05) is 6.54 Å². The lowest BCUT2D eigenvalue weighted by Gasteiger charge is -2.16. The first-order valence-electron chi connectivity index (χ1n) is 8.86. The van der Waals surface area contributed by atoms with Gasteiger partial charge in [0.15, 0.2) is 6.10 Å². The lowest BCUT2D eigenvalue weighted by atomic mass is 9.97. The fourth-order valence-electron chi connectivity index (χ4n) is 2.80. The van der Waals surface area contributed by atoms with Gasteiger partial charge in [-0.1, -0.05) is 23.8 Å². The van der Waals surface area contributed by atoms with Crippen molar-refractivity contribution in [3.8, 4) is 5.75 Å². The third-order valence-electron chi connectivity index (χ3n) is 4.31. The number of carbonyl (C=O) groups excluding carboxylic acids is 2. The Balaban J connectivity index is 1.74. The first-order valence-corrected chi connectivity index (χ1v) is 8.86. The molecule has 0 radical (unpaired) electrons. The van der Waals surface area contributed by atoms with E-state index in [9.17, 15) is 9.59 Å². The normalized spacial score (nSPS) is 15.0. The molecular weight excluding hydrogens is 318 g/mol. The van der Waals surface area contributed by atoms with Gasteiger partial charge in [-0.15, -0.1) is 0 Å². The third-order valence-corrected chi connectivity index (χ3v) is 4.31. The fraction of sp³-hybridized carbons (Fsp3) is 0.500. The predicted molar refractivity (Wildman–Crippen MR) is 96.4 cm³/mol. The molecule has 2 rings (SSSR count). The van der Waals surface area contributed by atoms with Crippen molar-refractivity contribution in [1.29, 1.82) is 0 Å². The van der Waals surface area contributed by atoms with Crippen LogP contribution in [0.2, 0.25) is 0 Å². The van der Waals surface area contributed by atoms with Crippen molar-refractivity contribution in [3.63, 3.8) is 0 Å². The molecule has 0 aliphatic heterocycles. The Kier molecular flexibility index (Phi) is 7.51. The van der Waals surface area contributed by atoms with Gasteiger partial charge in [-0.25, -0.2) is 0 Å². The van der Waals surface area contributed by atoms with Crippen LogP contribution in [0.3, 0.4) is 0 Å². The van der Waals surface area contributed by atoms with Crippen molar-refractivity contribution in [3.05, 3.63) is 41.5 Å². The SMILES string of the molecule is COC(=O)Cc1ccc(O[C@H](C)C(=O)NCCC2=CCCCC2)cc1. The Hall–Kier alpha value is -2.30. The number of allylic oxidation sites excluding steroid dienone is 1. The van der Waals surface area contributed by atoms with Crippen molar-refractivity contribution < 1.29 is 19.1 Å². The predicted octanol–water partition coefficient (Wildman–Crippen LogP) is 3.18. The van der Waals surface area contributed by atoms with E-state index in [0.717, 1.165) is 24.8 Å². The van der Waals surface area contributed by atoms with Gasteiger partial charge in [-0.2, -0.15) is 0 Å². The molecule has 5 heteroatoms. The summed E-state index contributed by atoms with van der Waals surface area (Å²) in [5, 5.41) is 2.93. The number of hydrogen-bond donors (Lipinski definition) is 1. The number of hydrogen-bond acceptors (Lipinski definition) is 4. The lowest BCUT2D eigenvalue weighted by molar-refractivity contribution is -0.139. The van der Waals surface area contributed by atoms with Gasteiger partial charge >= 0.3 is 5.97 Å². The molecule has 1 N–H and O–H groups in total. The molecule has 0 aromatic heterocycles. The second-order valence-corrected chi connectivity index (χ2v) is 6.31. The van der Waals surface area contributed by atoms with E-state index in [2.05, 4.69) is 16.1 Å². The van der Waals surface area contributed by atoms with E-state index in [4.69, 9.17) is 4.74 Å². The second kappa shape index (κ2) is 9.87. The zero-order valence-electron chi connectivity index (χ0n) is 15.0. The van der Waals surface area contributed by atoms with E-state index in [-0.39, 0.29) is 18.3 Å². The van der Waals surface area contributed by atoms with Crippen LogP contribution in [0.15, 0.2) is 35.9 Å². The van der Waals surface area contributed by atoms with Gasteiger partial charge in [0.1, 0.15) is 5.75 Å². The van der Waals surface area contributed by atoms with Crippen LogP contribution in [0.4, 0.5) is 0 Å². The second-order valence-electron chi connectivity index (χ2n) is 6.31. The third kappa shape index (κ3) is 6.61. The van der Waals surface area contributed by atoms with Gasteiger partial charge in [-0.05, 0) is 56.7 Å². The molecule has 0 spiro atoms. The average molecular weight is 345 g/mol. The van der Waals surface area contributed by atoms with Gasteiger partial charge in [0.2, 0.25) is 0 Å². The minimum absolute atomic E-state index is 0.116. The van der Waals surface area contributed by atoms with Crippen LogP contribution in [0.1, 0.15) is 44.6 Å². The largest absolute Gasteiger partial charge is 0.481 e. The van der Waals surface area contributed by atoms with Crippen LogP contribution in [-0.4, -0.2) is 31.6 Å². The average Bonchev–Trinajstić information content (AvgIpc) is 2.64. The van der Waals surface area contributed by atoms with Crippen LogP contribution in [-0.2, 0) is 20.7 Å². The summed E-state index contributed by atoms with van der Waals surface area (Å²) < 4.78 is 10.3. The molecule has 0 bridgehead atoms. The first-order chi connectivity index (χ1) is 12.1. The molecule has 1 aromatic carbocycles. The lowest BCUT2D eigenvalue weighted by Crippen LogP contribution is -2.36. The summed E-state index contributed by atoms with van der Waals surface area (Å²) in [6.45, 7) is 2.38. The molecule has 1 atom stereocenters. The van der Waals surface area contributed by atoms with Crippen LogP contribution < -0.4 is 10.1 Å². The van der Waals surface area contributed by atoms with Crippen LogP contribution in [0, 0.1) is 0 Å². The van der Waals surface area contributed by atoms with Gasteiger partial charge < -0.3 is 14.8 Å². The van der Waals surface area contributed by atoms with Crippen LogP contribution in [0.5, 0.6) is 5.75 Å². The van der Waals surface area contributed by atoms with E-state index in [0.29, 0.717) is 12.3 Å². The topological polar surface area (TPSA) is 64.6 Å². The summed E-state index contributed by atoms with van der Waals surface area (Å²) in [6, 6.07) is 7.11. The Morgan fingerprint density at radius 3 is 2.60 bits per heavy atom. The van der Waals surface area contributed by atoms with Gasteiger partial charge in [0.25, 0.3) is 5.91 Å². The van der Waals surface area contributed by atoms with Crippen molar-refractivity contribution in [2.45, 2.75) is 51.6 Å². The highest BCUT2D eigenvalue weighted by Gasteiger charge is 2.14. The number of nitrogens with one attached hydrogen (secondary N) is 1. The van der Waals surface area contributed by atoms with E-state index in [1.54, 1.807) is 31.2 Å². The van der Waals surface area contributed by atoms with E-state index in [1.165, 1.54) is 25.5 Å². The maximum Gasteiger partial charge on any atom is 0.309 e. The molecule has 25 heavy (non-hydrogen) atoms. The van der Waals surface area contributed by atoms with Gasteiger partial charge in [0.05, 0.1) is 13.5 Å². The first kappa shape index (κ1) is 19.0. The van der Waals surface area contributed by atoms with Crippen molar-refractivity contribution in [1.82, 2.24) is 5.32 Å². The number of benzene rings is 1. The molecule has 1 aliphatic carbocycles. The zero-order valence-corrected chi connectivity index (χ0v) is 15.0. The molecule has 0 saturated heterocycles. The minimum Gasteiger partial charge on any atom is -0.481 e. The van der Waals surface area contributed by atoms with Gasteiger partial charge in [-0.3, -0.25) is 9.59 Å². The summed E-state index contributed by atoms with van der Waals surface area (Å²) in [5.74, 6) is 0.204. The van der Waals surface area contributed by atoms with Crippen molar-refractivity contribution >= 4 is 11.9 Å². The molecule has 0 heterocycles. The Labute approximate surface area is 149 Å².